The molecule has 3 amide bonds. The first kappa shape index (κ1) is 20.9. The molecule has 1 heterocycles. The fraction of sp³-hybridized carbons (Fsp3) is 0.318. The van der Waals surface area contributed by atoms with Crippen molar-refractivity contribution in [2.24, 2.45) is 0 Å². The number of hydrogen-bond acceptors (Lipinski definition) is 4. The molecule has 2 atom stereocenters. The Morgan fingerprint density at radius 1 is 1.17 bits per heavy atom. The number of likely N-dealkylation sites (N-methyl/N-ethyl adjacent to an activating group) is 1. The van der Waals surface area contributed by atoms with Crippen LogP contribution in [0.3, 0.4) is 0 Å². The number of hydrogen-bond donors (Lipinski definition) is 1. The second-order valence-electron chi connectivity index (χ2n) is 7.15. The Morgan fingerprint density at radius 3 is 2.55 bits per heavy atom. The van der Waals surface area contributed by atoms with E-state index in [1.165, 1.54) is 16.7 Å². The number of anilines is 2. The number of thioether (sulfide) groups is 1. The zero-order chi connectivity index (χ0) is 21.0. The van der Waals surface area contributed by atoms with E-state index in [1.807, 2.05) is 62.4 Å². The molecule has 0 aromatic heterocycles. The van der Waals surface area contributed by atoms with Gasteiger partial charge in [0.2, 0.25) is 17.7 Å². The van der Waals surface area contributed by atoms with Crippen LogP contribution in [0.1, 0.15) is 20.3 Å². The van der Waals surface area contributed by atoms with Crippen molar-refractivity contribution in [3.63, 3.8) is 0 Å². The van der Waals surface area contributed by atoms with Gasteiger partial charge < -0.3 is 15.1 Å². The molecule has 3 rings (SSSR count). The third-order valence-electron chi connectivity index (χ3n) is 4.78. The Bertz CT molecular complexity index is 903. The van der Waals surface area contributed by atoms with Crippen LogP contribution in [-0.4, -0.2) is 47.5 Å². The van der Waals surface area contributed by atoms with Gasteiger partial charge in [-0.25, -0.2) is 0 Å². The fourth-order valence-corrected chi connectivity index (χ4v) is 4.39. The molecular formula is C22H25N3O3S. The van der Waals surface area contributed by atoms with Gasteiger partial charge in [-0.15, -0.1) is 11.8 Å². The summed E-state index contributed by atoms with van der Waals surface area (Å²) >= 11 is 1.46. The van der Waals surface area contributed by atoms with Gasteiger partial charge in [0.25, 0.3) is 0 Å². The van der Waals surface area contributed by atoms with Crippen LogP contribution in [0.2, 0.25) is 0 Å². The van der Waals surface area contributed by atoms with E-state index in [-0.39, 0.29) is 42.0 Å². The van der Waals surface area contributed by atoms with Crippen molar-refractivity contribution >= 4 is 40.9 Å². The number of nitrogens with zero attached hydrogens (tertiary/aromatic N) is 2. The van der Waals surface area contributed by atoms with Gasteiger partial charge in [0, 0.05) is 24.4 Å². The number of fused-ring (bicyclic) bond motifs is 1. The first-order valence-corrected chi connectivity index (χ1v) is 10.4. The van der Waals surface area contributed by atoms with Crippen LogP contribution >= 0.6 is 11.8 Å². The molecule has 2 aromatic carbocycles. The van der Waals surface area contributed by atoms with Crippen molar-refractivity contribution in [3.8, 4) is 0 Å². The Morgan fingerprint density at radius 2 is 1.83 bits per heavy atom. The highest BCUT2D eigenvalue weighted by Crippen LogP contribution is 2.31. The fourth-order valence-electron chi connectivity index (χ4n) is 3.39. The number of amides is 3. The second-order valence-corrected chi connectivity index (χ2v) is 8.56. The number of nitrogens with one attached hydrogen (secondary N) is 1. The average Bonchev–Trinajstić information content (AvgIpc) is 2.82. The zero-order valence-electron chi connectivity index (χ0n) is 16.8. The summed E-state index contributed by atoms with van der Waals surface area (Å²) in [5.41, 5.74) is 1.26. The Hall–Kier alpha value is -2.80. The van der Waals surface area contributed by atoms with E-state index in [9.17, 15) is 14.4 Å². The van der Waals surface area contributed by atoms with Gasteiger partial charge in [-0.3, -0.25) is 14.4 Å². The van der Waals surface area contributed by atoms with Crippen LogP contribution in [0.25, 0.3) is 0 Å². The molecular weight excluding hydrogens is 386 g/mol. The highest BCUT2D eigenvalue weighted by molar-refractivity contribution is 8.00. The van der Waals surface area contributed by atoms with Gasteiger partial charge in [-0.05, 0) is 38.1 Å². The van der Waals surface area contributed by atoms with Gasteiger partial charge in [-0.1, -0.05) is 30.3 Å². The van der Waals surface area contributed by atoms with E-state index in [0.29, 0.717) is 11.4 Å². The molecule has 0 saturated heterocycles. The summed E-state index contributed by atoms with van der Waals surface area (Å²) in [6.45, 7) is 3.63. The third kappa shape index (κ3) is 4.98. The smallest absolute Gasteiger partial charge is 0.246 e. The van der Waals surface area contributed by atoms with E-state index in [0.717, 1.165) is 4.90 Å². The van der Waals surface area contributed by atoms with Crippen molar-refractivity contribution in [1.82, 2.24) is 4.90 Å². The molecule has 0 unspecified atom stereocenters. The number of benzene rings is 2. The van der Waals surface area contributed by atoms with E-state index in [4.69, 9.17) is 0 Å². The molecule has 0 fully saturated rings. The molecule has 29 heavy (non-hydrogen) atoms. The molecule has 0 saturated carbocycles. The highest BCUT2D eigenvalue weighted by Gasteiger charge is 2.31. The van der Waals surface area contributed by atoms with E-state index >= 15 is 0 Å². The van der Waals surface area contributed by atoms with Crippen LogP contribution in [0.5, 0.6) is 0 Å². The van der Waals surface area contributed by atoms with Crippen LogP contribution in [0.15, 0.2) is 59.5 Å². The van der Waals surface area contributed by atoms with Crippen molar-refractivity contribution < 1.29 is 14.4 Å². The summed E-state index contributed by atoms with van der Waals surface area (Å²) in [7, 11) is 1.64. The lowest BCUT2D eigenvalue weighted by atomic mass is 10.1. The minimum Gasteiger partial charge on any atom is -0.335 e. The molecule has 1 aliphatic heterocycles. The average molecular weight is 412 g/mol. The lowest BCUT2D eigenvalue weighted by Crippen LogP contribution is -2.46. The first-order chi connectivity index (χ1) is 13.9. The van der Waals surface area contributed by atoms with E-state index < -0.39 is 0 Å². The molecule has 0 spiro atoms. The summed E-state index contributed by atoms with van der Waals surface area (Å²) in [4.78, 5) is 42.1. The van der Waals surface area contributed by atoms with Crippen molar-refractivity contribution in [3.05, 3.63) is 54.6 Å². The molecule has 0 aliphatic carbocycles. The number of para-hydroxylation sites is 2. The van der Waals surface area contributed by atoms with Gasteiger partial charge >= 0.3 is 0 Å². The summed E-state index contributed by atoms with van der Waals surface area (Å²) in [5, 5.41) is 2.53. The Kier molecular flexibility index (Phi) is 6.59. The second kappa shape index (κ2) is 9.13. The van der Waals surface area contributed by atoms with Gasteiger partial charge in [0.15, 0.2) is 0 Å². The molecule has 2 aromatic rings. The number of rotatable bonds is 5. The molecule has 0 radical (unpaired) electrons. The van der Waals surface area contributed by atoms with E-state index in [2.05, 4.69) is 5.32 Å². The Balaban J connectivity index is 1.71. The van der Waals surface area contributed by atoms with E-state index in [1.54, 1.807) is 18.0 Å². The molecule has 1 aliphatic rings. The molecule has 0 bridgehead atoms. The lowest BCUT2D eigenvalue weighted by Gasteiger charge is -2.30. The Labute approximate surface area is 175 Å². The normalized spacial score (nSPS) is 17.0. The summed E-state index contributed by atoms with van der Waals surface area (Å²) < 4.78 is 0. The maximum atomic E-state index is 13.1. The monoisotopic (exact) mass is 411 g/mol. The predicted octanol–water partition coefficient (Wildman–Crippen LogP) is 3.39. The van der Waals surface area contributed by atoms with Crippen LogP contribution < -0.4 is 10.2 Å². The van der Waals surface area contributed by atoms with Crippen molar-refractivity contribution in [1.29, 1.82) is 0 Å². The van der Waals surface area contributed by atoms with Crippen LogP contribution in [0.4, 0.5) is 11.4 Å². The lowest BCUT2D eigenvalue weighted by molar-refractivity contribution is -0.133. The first-order valence-electron chi connectivity index (χ1n) is 9.54. The van der Waals surface area contributed by atoms with Crippen molar-refractivity contribution in [2.45, 2.75) is 36.5 Å². The standard InChI is InChI=1S/C22H25N3O3S/c1-15-13-20(26)23-18-11-7-8-12-19(18)25(15)21(27)14-24(3)22(28)16(2)29-17-9-5-4-6-10-17/h4-12,15-16H,13-14H2,1-3H3,(H,23,26)/t15-,16-/m1/s1. The van der Waals surface area contributed by atoms with Gasteiger partial charge in [-0.2, -0.15) is 0 Å². The van der Waals surface area contributed by atoms with Gasteiger partial charge in [0.05, 0.1) is 23.2 Å². The molecule has 1 N–H and O–H groups in total. The minimum atomic E-state index is -0.313. The topological polar surface area (TPSA) is 69.7 Å². The summed E-state index contributed by atoms with van der Waals surface area (Å²) in [6.07, 6.45) is 0.207. The summed E-state index contributed by atoms with van der Waals surface area (Å²) in [5.74, 6) is -0.455. The predicted molar refractivity (Wildman–Crippen MR) is 116 cm³/mol. The quantitative estimate of drug-likeness (QED) is 0.766. The minimum absolute atomic E-state index is 0.0502. The number of carbonyl (C=O) groups excluding carboxylic acids is 3. The molecule has 152 valence electrons. The maximum Gasteiger partial charge on any atom is 0.246 e. The molecule has 6 nitrogen and oxygen atoms in total. The van der Waals surface area contributed by atoms with Gasteiger partial charge in [0.1, 0.15) is 0 Å². The zero-order valence-corrected chi connectivity index (χ0v) is 17.6. The highest BCUT2D eigenvalue weighted by atomic mass is 32.2. The maximum absolute atomic E-state index is 13.1. The SMILES string of the molecule is C[C@@H]1CC(=O)Nc2ccccc2N1C(=O)CN(C)C(=O)[C@@H](C)Sc1ccccc1. The molecule has 7 heteroatoms. The van der Waals surface area contributed by atoms with Crippen molar-refractivity contribution in [2.75, 3.05) is 23.8 Å². The largest absolute Gasteiger partial charge is 0.335 e. The van der Waals surface area contributed by atoms with Crippen LogP contribution in [0, 0.1) is 0 Å². The third-order valence-corrected chi connectivity index (χ3v) is 5.88. The number of carbonyl (C=O) groups is 3. The van der Waals surface area contributed by atoms with Crippen LogP contribution in [-0.2, 0) is 14.4 Å². The summed E-state index contributed by atoms with van der Waals surface area (Å²) in [6, 6.07) is 16.6.